The molecular formula is C29H40N2O4. The van der Waals surface area contributed by atoms with Crippen LogP contribution in [-0.4, -0.2) is 55.9 Å². The van der Waals surface area contributed by atoms with E-state index in [1.165, 1.54) is 29.5 Å². The molecule has 6 heteroatoms. The molecule has 0 saturated carbocycles. The number of carbonyl (C=O) groups excluding carboxylic acids is 1. The average Bonchev–Trinajstić information content (AvgIpc) is 3.06. The Morgan fingerprint density at radius 3 is 2.40 bits per heavy atom. The van der Waals surface area contributed by atoms with Gasteiger partial charge in [0.05, 0.1) is 6.61 Å². The van der Waals surface area contributed by atoms with Gasteiger partial charge in [-0.05, 0) is 93.3 Å². The Labute approximate surface area is 209 Å². The van der Waals surface area contributed by atoms with E-state index < -0.39 is 0 Å². The Bertz CT molecular complexity index is 1020. The molecule has 0 radical (unpaired) electrons. The molecule has 2 aliphatic heterocycles. The molecule has 0 aliphatic carbocycles. The molecule has 2 aromatic rings. The van der Waals surface area contributed by atoms with E-state index in [9.17, 15) is 4.79 Å². The van der Waals surface area contributed by atoms with Crippen molar-refractivity contribution in [3.8, 4) is 11.5 Å². The molecule has 2 fully saturated rings. The lowest BCUT2D eigenvalue weighted by molar-refractivity contribution is -0.124. The third-order valence-corrected chi connectivity index (χ3v) is 7.70. The summed E-state index contributed by atoms with van der Waals surface area (Å²) >= 11 is 0. The van der Waals surface area contributed by atoms with Gasteiger partial charge in [0.1, 0.15) is 18.1 Å². The van der Waals surface area contributed by atoms with Crippen molar-refractivity contribution in [1.82, 2.24) is 10.2 Å². The molecule has 2 unspecified atom stereocenters. The number of fused-ring (bicyclic) bond motifs is 2. The first kappa shape index (κ1) is 25.5. The second kappa shape index (κ2) is 11.4. The smallest absolute Gasteiger partial charge is 0.258 e. The average molecular weight is 481 g/mol. The van der Waals surface area contributed by atoms with Crippen molar-refractivity contribution < 1.29 is 19.0 Å². The lowest BCUT2D eigenvalue weighted by Crippen LogP contribution is -2.50. The van der Waals surface area contributed by atoms with Gasteiger partial charge in [0.25, 0.3) is 5.91 Å². The van der Waals surface area contributed by atoms with Crippen molar-refractivity contribution in [3.63, 3.8) is 0 Å². The van der Waals surface area contributed by atoms with E-state index in [0.29, 0.717) is 25.3 Å². The minimum absolute atomic E-state index is 0.0284. The van der Waals surface area contributed by atoms with Gasteiger partial charge in [0.15, 0.2) is 6.61 Å². The SMILES string of the molecule is COCCOc1ccc(CN2C3CCC2CC(NC(=O)COc2cc(C)ccc2C)C3)c(C)c1C. The summed E-state index contributed by atoms with van der Waals surface area (Å²) in [5, 5.41) is 3.24. The van der Waals surface area contributed by atoms with Crippen LogP contribution in [0.5, 0.6) is 11.5 Å². The number of nitrogens with zero attached hydrogens (tertiary/aromatic N) is 1. The van der Waals surface area contributed by atoms with Crippen molar-refractivity contribution in [1.29, 1.82) is 0 Å². The van der Waals surface area contributed by atoms with Crippen molar-refractivity contribution in [2.75, 3.05) is 26.9 Å². The van der Waals surface area contributed by atoms with Gasteiger partial charge in [-0.1, -0.05) is 18.2 Å². The molecule has 2 saturated heterocycles. The molecule has 2 atom stereocenters. The predicted molar refractivity (Wildman–Crippen MR) is 138 cm³/mol. The molecule has 190 valence electrons. The number of hydrogen-bond acceptors (Lipinski definition) is 5. The van der Waals surface area contributed by atoms with Crippen LogP contribution >= 0.6 is 0 Å². The molecule has 4 rings (SSSR count). The number of nitrogens with one attached hydrogen (secondary N) is 1. The molecule has 2 bridgehead atoms. The fraction of sp³-hybridized carbons (Fsp3) is 0.552. The highest BCUT2D eigenvalue weighted by Crippen LogP contribution is 2.38. The Balaban J connectivity index is 1.31. The molecule has 1 N–H and O–H groups in total. The zero-order valence-electron chi connectivity index (χ0n) is 21.9. The fourth-order valence-corrected chi connectivity index (χ4v) is 5.54. The van der Waals surface area contributed by atoms with Crippen molar-refractivity contribution in [3.05, 3.63) is 58.1 Å². The normalized spacial score (nSPS) is 21.7. The lowest BCUT2D eigenvalue weighted by atomic mass is 9.95. The van der Waals surface area contributed by atoms with Crippen LogP contribution in [0.2, 0.25) is 0 Å². The number of carbonyl (C=O) groups is 1. The van der Waals surface area contributed by atoms with E-state index >= 15 is 0 Å². The van der Waals surface area contributed by atoms with Crippen LogP contribution in [0.3, 0.4) is 0 Å². The van der Waals surface area contributed by atoms with E-state index in [4.69, 9.17) is 14.2 Å². The molecule has 2 aromatic carbocycles. The maximum absolute atomic E-state index is 12.6. The highest BCUT2D eigenvalue weighted by Gasteiger charge is 2.41. The van der Waals surface area contributed by atoms with Gasteiger partial charge in [-0.15, -0.1) is 0 Å². The van der Waals surface area contributed by atoms with Gasteiger partial charge in [-0.25, -0.2) is 0 Å². The molecule has 2 heterocycles. The van der Waals surface area contributed by atoms with Crippen LogP contribution < -0.4 is 14.8 Å². The van der Waals surface area contributed by atoms with E-state index in [1.807, 2.05) is 26.0 Å². The Morgan fingerprint density at radius 1 is 0.943 bits per heavy atom. The van der Waals surface area contributed by atoms with E-state index in [2.05, 4.69) is 42.3 Å². The number of aryl methyl sites for hydroxylation is 2. The van der Waals surface area contributed by atoms with Crippen LogP contribution in [0.4, 0.5) is 0 Å². The first-order chi connectivity index (χ1) is 16.9. The van der Waals surface area contributed by atoms with Crippen LogP contribution in [0, 0.1) is 27.7 Å². The molecule has 0 spiro atoms. The zero-order valence-corrected chi connectivity index (χ0v) is 21.9. The summed E-state index contributed by atoms with van der Waals surface area (Å²) in [5.74, 6) is 1.70. The second-order valence-electron chi connectivity index (χ2n) is 10.2. The van der Waals surface area contributed by atoms with Gasteiger partial charge >= 0.3 is 0 Å². The molecule has 0 aromatic heterocycles. The third-order valence-electron chi connectivity index (χ3n) is 7.70. The maximum atomic E-state index is 12.6. The van der Waals surface area contributed by atoms with E-state index in [1.54, 1.807) is 7.11 Å². The number of piperidine rings is 1. The number of hydrogen-bond donors (Lipinski definition) is 1. The predicted octanol–water partition coefficient (Wildman–Crippen LogP) is 4.64. The Kier molecular flexibility index (Phi) is 8.34. The molecule has 6 nitrogen and oxygen atoms in total. The van der Waals surface area contributed by atoms with Crippen molar-refractivity contribution in [2.45, 2.75) is 78.0 Å². The molecular weight excluding hydrogens is 440 g/mol. The minimum Gasteiger partial charge on any atom is -0.491 e. The highest BCUT2D eigenvalue weighted by molar-refractivity contribution is 5.78. The fourth-order valence-electron chi connectivity index (χ4n) is 5.54. The standard InChI is InChI=1S/C29H40N2O4/c1-19-6-7-20(2)28(14-19)35-18-29(32)30-24-15-25-9-10-26(16-24)31(25)17-23-8-11-27(22(4)21(23)3)34-13-12-33-5/h6-8,11,14,24-26H,9-10,12-13,15-18H2,1-5H3,(H,30,32). The molecule has 1 amide bonds. The van der Waals surface area contributed by atoms with Gasteiger partial charge in [0, 0.05) is 31.8 Å². The van der Waals surface area contributed by atoms with Crippen molar-refractivity contribution in [2.24, 2.45) is 0 Å². The molecule has 2 aliphatic rings. The van der Waals surface area contributed by atoms with Gasteiger partial charge in [-0.3, -0.25) is 9.69 Å². The first-order valence-corrected chi connectivity index (χ1v) is 12.8. The van der Waals surface area contributed by atoms with Crippen molar-refractivity contribution >= 4 is 5.91 Å². The number of rotatable bonds is 10. The third kappa shape index (κ3) is 6.17. The van der Waals surface area contributed by atoms with Gasteiger partial charge in [-0.2, -0.15) is 0 Å². The quantitative estimate of drug-likeness (QED) is 0.502. The zero-order chi connectivity index (χ0) is 24.9. The van der Waals surface area contributed by atoms with Crippen LogP contribution in [0.15, 0.2) is 30.3 Å². The number of methoxy groups -OCH3 is 1. The monoisotopic (exact) mass is 480 g/mol. The lowest BCUT2D eigenvalue weighted by Gasteiger charge is -2.39. The summed E-state index contributed by atoms with van der Waals surface area (Å²) in [6, 6.07) is 11.6. The Hall–Kier alpha value is -2.57. The first-order valence-electron chi connectivity index (χ1n) is 12.8. The molecule has 35 heavy (non-hydrogen) atoms. The van der Waals surface area contributed by atoms with E-state index in [-0.39, 0.29) is 18.6 Å². The van der Waals surface area contributed by atoms with Crippen LogP contribution in [0.25, 0.3) is 0 Å². The summed E-state index contributed by atoms with van der Waals surface area (Å²) in [5.41, 5.74) is 6.06. The highest BCUT2D eigenvalue weighted by atomic mass is 16.5. The van der Waals surface area contributed by atoms with Crippen LogP contribution in [-0.2, 0) is 16.1 Å². The number of amides is 1. The minimum atomic E-state index is -0.0284. The summed E-state index contributed by atoms with van der Waals surface area (Å²) in [4.78, 5) is 15.3. The Morgan fingerprint density at radius 2 is 1.69 bits per heavy atom. The van der Waals surface area contributed by atoms with Gasteiger partial charge in [0.2, 0.25) is 0 Å². The topological polar surface area (TPSA) is 60.0 Å². The second-order valence-corrected chi connectivity index (χ2v) is 10.2. The number of benzene rings is 2. The van der Waals surface area contributed by atoms with E-state index in [0.717, 1.165) is 42.0 Å². The summed E-state index contributed by atoms with van der Waals surface area (Å²) in [7, 11) is 1.69. The summed E-state index contributed by atoms with van der Waals surface area (Å²) < 4.78 is 16.8. The maximum Gasteiger partial charge on any atom is 0.258 e. The summed E-state index contributed by atoms with van der Waals surface area (Å²) in [6.07, 6.45) is 4.41. The number of ether oxygens (including phenoxy) is 3. The van der Waals surface area contributed by atoms with Gasteiger partial charge < -0.3 is 19.5 Å². The largest absolute Gasteiger partial charge is 0.491 e. The van der Waals surface area contributed by atoms with Crippen LogP contribution in [0.1, 0.15) is 53.5 Å². The summed E-state index contributed by atoms with van der Waals surface area (Å²) in [6.45, 7) is 10.5.